The van der Waals surface area contributed by atoms with Crippen molar-refractivity contribution in [3.63, 3.8) is 0 Å². The summed E-state index contributed by atoms with van der Waals surface area (Å²) in [7, 11) is 0. The largest absolute Gasteiger partial charge is 0.360 e. The molecule has 0 unspecified atom stereocenters. The molecule has 0 atom stereocenters. The molecule has 0 aliphatic carbocycles. The highest BCUT2D eigenvalue weighted by Gasteiger charge is 2.06. The third-order valence-electron chi connectivity index (χ3n) is 2.63. The molecule has 7 nitrogen and oxygen atoms in total. The van der Waals surface area contributed by atoms with E-state index in [1.807, 2.05) is 19.2 Å². The van der Waals surface area contributed by atoms with Gasteiger partial charge in [0.1, 0.15) is 5.82 Å². The van der Waals surface area contributed by atoms with Crippen molar-refractivity contribution in [2.24, 2.45) is 0 Å². The number of hydrogen-bond acceptors (Lipinski definition) is 3. The van der Waals surface area contributed by atoms with E-state index in [4.69, 9.17) is 0 Å². The smallest absolute Gasteiger partial charge is 0.326 e. The molecule has 4 N–H and O–H groups in total. The van der Waals surface area contributed by atoms with Crippen molar-refractivity contribution in [1.29, 1.82) is 0 Å². The number of urea groups is 1. The van der Waals surface area contributed by atoms with Gasteiger partial charge in [0.15, 0.2) is 5.82 Å². The van der Waals surface area contributed by atoms with Crippen LogP contribution in [0.4, 0.5) is 16.4 Å². The molecule has 3 rings (SSSR count). The van der Waals surface area contributed by atoms with Crippen molar-refractivity contribution in [2.45, 2.75) is 6.92 Å². The first-order valence-electron chi connectivity index (χ1n) is 5.74. The molecule has 0 saturated carbocycles. The fourth-order valence-corrected chi connectivity index (χ4v) is 1.76. The Morgan fingerprint density at radius 2 is 2.11 bits per heavy atom. The van der Waals surface area contributed by atoms with Gasteiger partial charge in [-0.15, -0.1) is 0 Å². The van der Waals surface area contributed by atoms with Gasteiger partial charge in [-0.05, 0) is 19.1 Å². The maximum Gasteiger partial charge on any atom is 0.326 e. The van der Waals surface area contributed by atoms with Crippen molar-refractivity contribution < 1.29 is 4.79 Å². The lowest BCUT2D eigenvalue weighted by molar-refractivity contribution is 0.262. The number of aromatic amines is 2. The Kier molecular flexibility index (Phi) is 2.64. The molecule has 2 amide bonds. The minimum Gasteiger partial charge on any atom is -0.360 e. The zero-order valence-electron chi connectivity index (χ0n) is 10.2. The molecule has 0 fully saturated rings. The van der Waals surface area contributed by atoms with Gasteiger partial charge in [0.2, 0.25) is 0 Å². The third-order valence-corrected chi connectivity index (χ3v) is 2.63. The number of H-pyrrole nitrogens is 2. The molecule has 0 aliphatic heterocycles. The lowest BCUT2D eigenvalue weighted by Crippen LogP contribution is -2.20. The average molecular weight is 256 g/mol. The van der Waals surface area contributed by atoms with Crippen molar-refractivity contribution in [2.75, 3.05) is 10.6 Å². The topological polar surface area (TPSA) is 98.5 Å². The quantitative estimate of drug-likeness (QED) is 0.565. The summed E-state index contributed by atoms with van der Waals surface area (Å²) >= 11 is 0. The second-order valence-electron chi connectivity index (χ2n) is 4.15. The molecule has 0 aliphatic rings. The van der Waals surface area contributed by atoms with Gasteiger partial charge in [0.05, 0.1) is 11.7 Å². The maximum absolute atomic E-state index is 11.7. The predicted molar refractivity (Wildman–Crippen MR) is 72.1 cm³/mol. The molecule has 0 spiro atoms. The molecule has 0 bridgehead atoms. The molecule has 19 heavy (non-hydrogen) atoms. The van der Waals surface area contributed by atoms with Gasteiger partial charge in [-0.1, -0.05) is 0 Å². The van der Waals surface area contributed by atoms with E-state index in [9.17, 15) is 4.79 Å². The Morgan fingerprint density at radius 3 is 2.89 bits per heavy atom. The molecular weight excluding hydrogens is 244 g/mol. The summed E-state index contributed by atoms with van der Waals surface area (Å²) in [5.74, 6) is 0.953. The fraction of sp³-hybridized carbons (Fsp3) is 0.0833. The highest BCUT2D eigenvalue weighted by atomic mass is 16.2. The summed E-state index contributed by atoms with van der Waals surface area (Å²) in [6, 6.07) is 5.06. The molecule has 7 heteroatoms. The summed E-state index contributed by atoms with van der Waals surface area (Å²) in [6.45, 7) is 1.86. The molecule has 3 aromatic heterocycles. The summed E-state index contributed by atoms with van der Waals surface area (Å²) in [4.78, 5) is 18.9. The third kappa shape index (κ3) is 2.39. The Balaban J connectivity index is 1.71. The van der Waals surface area contributed by atoms with Crippen LogP contribution in [-0.2, 0) is 0 Å². The standard InChI is InChI=1S/C12H12N6O/c1-7-4-11(18-17-7)16-12(19)15-10-5-8-2-3-13-9(8)6-14-10/h2-6,13H,1H3,(H3,14,15,16,17,18,19). The lowest BCUT2D eigenvalue weighted by atomic mass is 10.3. The van der Waals surface area contributed by atoms with E-state index in [0.717, 1.165) is 16.6 Å². The van der Waals surface area contributed by atoms with Gasteiger partial charge in [-0.3, -0.25) is 15.7 Å². The molecule has 96 valence electrons. The van der Waals surface area contributed by atoms with Crippen LogP contribution < -0.4 is 10.6 Å². The first-order chi connectivity index (χ1) is 9.20. The number of pyridine rings is 1. The van der Waals surface area contributed by atoms with Gasteiger partial charge >= 0.3 is 6.03 Å². The number of aromatic nitrogens is 4. The average Bonchev–Trinajstić information content (AvgIpc) is 2.97. The summed E-state index contributed by atoms with van der Waals surface area (Å²) < 4.78 is 0. The number of nitrogens with one attached hydrogen (secondary N) is 4. The van der Waals surface area contributed by atoms with Crippen LogP contribution in [0.1, 0.15) is 5.69 Å². The lowest BCUT2D eigenvalue weighted by Gasteiger charge is -2.04. The second kappa shape index (κ2) is 4.45. The molecular formula is C12H12N6O. The highest BCUT2D eigenvalue weighted by Crippen LogP contribution is 2.15. The van der Waals surface area contributed by atoms with E-state index in [2.05, 4.69) is 30.8 Å². The van der Waals surface area contributed by atoms with Gasteiger partial charge in [-0.25, -0.2) is 9.78 Å². The Morgan fingerprint density at radius 1 is 1.26 bits per heavy atom. The number of anilines is 2. The first-order valence-corrected chi connectivity index (χ1v) is 5.74. The number of amides is 2. The van der Waals surface area contributed by atoms with E-state index in [1.54, 1.807) is 18.3 Å². The number of rotatable bonds is 2. The monoisotopic (exact) mass is 256 g/mol. The molecule has 0 aromatic carbocycles. The zero-order chi connectivity index (χ0) is 13.2. The van der Waals surface area contributed by atoms with Crippen molar-refractivity contribution in [3.05, 3.63) is 36.3 Å². The number of nitrogens with zero attached hydrogens (tertiary/aromatic N) is 2. The molecule has 0 radical (unpaired) electrons. The second-order valence-corrected chi connectivity index (χ2v) is 4.15. The highest BCUT2D eigenvalue weighted by molar-refractivity contribution is 5.99. The van der Waals surface area contributed by atoms with Crippen LogP contribution in [0.3, 0.4) is 0 Å². The van der Waals surface area contributed by atoms with Gasteiger partial charge in [0.25, 0.3) is 0 Å². The van der Waals surface area contributed by atoms with Crippen molar-refractivity contribution in [1.82, 2.24) is 20.2 Å². The fourth-order valence-electron chi connectivity index (χ4n) is 1.76. The minimum absolute atomic E-state index is 0.381. The first kappa shape index (κ1) is 11.3. The van der Waals surface area contributed by atoms with Crippen LogP contribution in [0.5, 0.6) is 0 Å². The number of aryl methyl sites for hydroxylation is 1. The van der Waals surface area contributed by atoms with E-state index in [1.165, 1.54) is 0 Å². The van der Waals surface area contributed by atoms with Gasteiger partial charge < -0.3 is 4.98 Å². The van der Waals surface area contributed by atoms with Crippen LogP contribution in [0.15, 0.2) is 30.6 Å². The normalized spacial score (nSPS) is 10.6. The SMILES string of the molecule is Cc1cc(NC(=O)Nc2cc3cc[nH]c3cn2)n[nH]1. The van der Waals surface area contributed by atoms with Gasteiger partial charge in [-0.2, -0.15) is 5.10 Å². The van der Waals surface area contributed by atoms with E-state index in [0.29, 0.717) is 11.6 Å². The van der Waals surface area contributed by atoms with E-state index < -0.39 is 0 Å². The number of hydrogen-bond donors (Lipinski definition) is 4. The Hall–Kier alpha value is -2.83. The predicted octanol–water partition coefficient (Wildman–Crippen LogP) is 2.24. The number of carbonyl (C=O) groups excluding carboxylic acids is 1. The molecule has 3 aromatic rings. The Bertz CT molecular complexity index is 728. The summed E-state index contributed by atoms with van der Waals surface area (Å²) in [5.41, 5.74) is 1.80. The molecule has 0 saturated heterocycles. The summed E-state index contributed by atoms with van der Waals surface area (Å²) in [5, 5.41) is 12.9. The van der Waals surface area contributed by atoms with Crippen LogP contribution in [0.2, 0.25) is 0 Å². The van der Waals surface area contributed by atoms with Crippen LogP contribution in [0, 0.1) is 6.92 Å². The van der Waals surface area contributed by atoms with Crippen LogP contribution in [-0.4, -0.2) is 26.2 Å². The minimum atomic E-state index is -0.381. The van der Waals surface area contributed by atoms with Gasteiger partial charge in [0, 0.05) is 23.3 Å². The van der Waals surface area contributed by atoms with E-state index in [-0.39, 0.29) is 6.03 Å². The number of fused-ring (bicyclic) bond motifs is 1. The van der Waals surface area contributed by atoms with Crippen molar-refractivity contribution in [3.8, 4) is 0 Å². The zero-order valence-corrected chi connectivity index (χ0v) is 10.2. The molecule has 3 heterocycles. The van der Waals surface area contributed by atoms with E-state index >= 15 is 0 Å². The van der Waals surface area contributed by atoms with Crippen molar-refractivity contribution >= 4 is 28.6 Å². The van der Waals surface area contributed by atoms with Crippen LogP contribution in [0.25, 0.3) is 10.9 Å². The number of carbonyl (C=O) groups is 1. The Labute approximate surface area is 108 Å². The van der Waals surface area contributed by atoms with Crippen LogP contribution >= 0.6 is 0 Å². The summed E-state index contributed by atoms with van der Waals surface area (Å²) in [6.07, 6.45) is 3.49. The maximum atomic E-state index is 11.7.